The molecule has 1 fully saturated rings. The van der Waals surface area contributed by atoms with Gasteiger partial charge in [-0.05, 0) is 32.3 Å². The molecule has 1 aromatic heterocycles. The predicted octanol–water partition coefficient (Wildman–Crippen LogP) is 2.43. The molecule has 0 aromatic carbocycles. The normalized spacial score (nSPS) is 14.0. The average molecular weight is 324 g/mol. The summed E-state index contributed by atoms with van der Waals surface area (Å²) in [5.41, 5.74) is 0.855. The van der Waals surface area contributed by atoms with Gasteiger partial charge in [0.2, 0.25) is 5.91 Å². The van der Waals surface area contributed by atoms with Crippen LogP contribution in [0.25, 0.3) is 0 Å². The molecule has 0 bridgehead atoms. The summed E-state index contributed by atoms with van der Waals surface area (Å²) in [5, 5.41) is 3.01. The highest BCUT2D eigenvalue weighted by molar-refractivity contribution is 7.18. The van der Waals surface area contributed by atoms with Crippen molar-refractivity contribution in [2.24, 2.45) is 0 Å². The van der Waals surface area contributed by atoms with Crippen molar-refractivity contribution in [3.05, 3.63) is 16.0 Å². The topological polar surface area (TPSA) is 75.7 Å². The molecule has 0 aliphatic carbocycles. The fourth-order valence-corrected chi connectivity index (χ4v) is 3.69. The van der Waals surface area contributed by atoms with E-state index in [1.165, 1.54) is 6.92 Å². The number of carbonyl (C=O) groups is 3. The summed E-state index contributed by atoms with van der Waals surface area (Å²) >= 11 is 1.14. The van der Waals surface area contributed by atoms with Crippen molar-refractivity contribution in [2.75, 3.05) is 25.0 Å². The van der Waals surface area contributed by atoms with Crippen LogP contribution >= 0.6 is 11.3 Å². The average Bonchev–Trinajstić information content (AvgIpc) is 3.06. The van der Waals surface area contributed by atoms with Crippen molar-refractivity contribution < 1.29 is 19.1 Å². The van der Waals surface area contributed by atoms with Gasteiger partial charge in [0.05, 0.1) is 17.0 Å². The highest BCUT2D eigenvalue weighted by Gasteiger charge is 2.29. The van der Waals surface area contributed by atoms with Gasteiger partial charge in [-0.1, -0.05) is 0 Å². The number of amides is 2. The fraction of sp³-hybridized carbons (Fsp3) is 0.533. The zero-order chi connectivity index (χ0) is 16.3. The maximum atomic E-state index is 12.6. The van der Waals surface area contributed by atoms with Gasteiger partial charge in [0.15, 0.2) is 0 Å². The molecule has 7 heteroatoms. The molecule has 1 aromatic rings. The molecule has 0 radical (unpaired) electrons. The van der Waals surface area contributed by atoms with E-state index >= 15 is 0 Å². The number of nitrogens with zero attached hydrogens (tertiary/aromatic N) is 1. The summed E-state index contributed by atoms with van der Waals surface area (Å²) in [6.07, 6.45) is 2.00. The number of likely N-dealkylation sites (tertiary alicyclic amines) is 1. The Bertz CT molecular complexity index is 603. The van der Waals surface area contributed by atoms with Crippen molar-refractivity contribution in [3.8, 4) is 0 Å². The van der Waals surface area contributed by atoms with Gasteiger partial charge in [-0.15, -0.1) is 11.3 Å². The minimum absolute atomic E-state index is 0.0813. The van der Waals surface area contributed by atoms with Gasteiger partial charge in [0.1, 0.15) is 5.00 Å². The molecule has 1 N–H and O–H groups in total. The van der Waals surface area contributed by atoms with E-state index in [0.29, 0.717) is 15.4 Å². The van der Waals surface area contributed by atoms with Gasteiger partial charge >= 0.3 is 5.97 Å². The molecule has 2 rings (SSSR count). The van der Waals surface area contributed by atoms with Crippen LogP contribution in [0, 0.1) is 6.92 Å². The maximum absolute atomic E-state index is 12.6. The molecule has 6 nitrogen and oxygen atoms in total. The van der Waals surface area contributed by atoms with E-state index in [1.54, 1.807) is 18.7 Å². The minimum atomic E-state index is -0.513. The van der Waals surface area contributed by atoms with E-state index in [1.807, 2.05) is 0 Å². The van der Waals surface area contributed by atoms with Crippen molar-refractivity contribution in [2.45, 2.75) is 33.6 Å². The smallest absolute Gasteiger partial charge is 0.341 e. The minimum Gasteiger partial charge on any atom is -0.462 e. The Kier molecular flexibility index (Phi) is 5.18. The van der Waals surface area contributed by atoms with Crippen LogP contribution in [0.2, 0.25) is 0 Å². The predicted molar refractivity (Wildman–Crippen MR) is 84.5 cm³/mol. The first-order valence-corrected chi connectivity index (χ1v) is 8.14. The van der Waals surface area contributed by atoms with Crippen LogP contribution in [0.3, 0.4) is 0 Å². The molecule has 2 amide bonds. The van der Waals surface area contributed by atoms with Crippen molar-refractivity contribution in [1.29, 1.82) is 0 Å². The van der Waals surface area contributed by atoms with Gasteiger partial charge in [0.25, 0.3) is 5.91 Å². The highest BCUT2D eigenvalue weighted by Crippen LogP contribution is 2.35. The third kappa shape index (κ3) is 3.30. The first-order valence-electron chi connectivity index (χ1n) is 7.33. The molecule has 0 spiro atoms. The molecule has 1 aliphatic heterocycles. The maximum Gasteiger partial charge on any atom is 0.341 e. The van der Waals surface area contributed by atoms with Crippen LogP contribution in [-0.2, 0) is 9.53 Å². The van der Waals surface area contributed by atoms with Gasteiger partial charge < -0.3 is 15.0 Å². The fourth-order valence-electron chi connectivity index (χ4n) is 2.48. The lowest BCUT2D eigenvalue weighted by molar-refractivity contribution is -0.114. The SMILES string of the molecule is CCOC(=O)c1c(NC(C)=O)sc(C(=O)N2CCCC2)c1C. The number of anilines is 1. The first kappa shape index (κ1) is 16.5. The van der Waals surface area contributed by atoms with Gasteiger partial charge in [0, 0.05) is 20.0 Å². The van der Waals surface area contributed by atoms with E-state index in [0.717, 1.165) is 37.3 Å². The Labute approximate surface area is 133 Å². The molecule has 0 saturated carbocycles. The van der Waals surface area contributed by atoms with E-state index in [4.69, 9.17) is 4.74 Å². The van der Waals surface area contributed by atoms with E-state index < -0.39 is 5.97 Å². The first-order chi connectivity index (χ1) is 10.5. The lowest BCUT2D eigenvalue weighted by atomic mass is 10.1. The second-order valence-electron chi connectivity index (χ2n) is 5.16. The molecule has 120 valence electrons. The zero-order valence-corrected chi connectivity index (χ0v) is 13.8. The third-order valence-electron chi connectivity index (χ3n) is 3.50. The van der Waals surface area contributed by atoms with E-state index in [-0.39, 0.29) is 24.0 Å². The molecule has 2 heterocycles. The Morgan fingerprint density at radius 3 is 2.45 bits per heavy atom. The van der Waals surface area contributed by atoms with Gasteiger partial charge in [-0.2, -0.15) is 0 Å². The van der Waals surface area contributed by atoms with Crippen LogP contribution in [0.5, 0.6) is 0 Å². The molecule has 1 aliphatic rings. The van der Waals surface area contributed by atoms with Crippen molar-refractivity contribution in [3.63, 3.8) is 0 Å². The summed E-state index contributed by atoms with van der Waals surface area (Å²) in [7, 11) is 0. The lowest BCUT2D eigenvalue weighted by Gasteiger charge is -2.14. The summed E-state index contributed by atoms with van der Waals surface area (Å²) < 4.78 is 5.04. The highest BCUT2D eigenvalue weighted by atomic mass is 32.1. The largest absolute Gasteiger partial charge is 0.462 e. The summed E-state index contributed by atoms with van der Waals surface area (Å²) in [4.78, 5) is 38.3. The number of thiophene rings is 1. The Hall–Kier alpha value is -1.89. The van der Waals surface area contributed by atoms with Crippen molar-refractivity contribution >= 4 is 34.1 Å². The Balaban J connectivity index is 2.40. The van der Waals surface area contributed by atoms with Crippen LogP contribution in [0.4, 0.5) is 5.00 Å². The lowest BCUT2D eigenvalue weighted by Crippen LogP contribution is -2.27. The molecule has 1 saturated heterocycles. The monoisotopic (exact) mass is 324 g/mol. The summed E-state index contributed by atoms with van der Waals surface area (Å²) in [6, 6.07) is 0. The van der Waals surface area contributed by atoms with Gasteiger partial charge in [-0.25, -0.2) is 4.79 Å². The Morgan fingerprint density at radius 1 is 1.27 bits per heavy atom. The van der Waals surface area contributed by atoms with Crippen LogP contribution < -0.4 is 5.32 Å². The van der Waals surface area contributed by atoms with Crippen LogP contribution in [0.1, 0.15) is 52.3 Å². The second-order valence-corrected chi connectivity index (χ2v) is 6.18. The third-order valence-corrected chi connectivity index (χ3v) is 4.70. The quantitative estimate of drug-likeness (QED) is 0.863. The number of rotatable bonds is 4. The number of ether oxygens (including phenoxy) is 1. The second kappa shape index (κ2) is 6.91. The van der Waals surface area contributed by atoms with Gasteiger partial charge in [-0.3, -0.25) is 9.59 Å². The molecule has 22 heavy (non-hydrogen) atoms. The van der Waals surface area contributed by atoms with E-state index in [2.05, 4.69) is 5.32 Å². The standard InChI is InChI=1S/C15H20N2O4S/c1-4-21-15(20)11-9(2)12(22-13(11)16-10(3)18)14(19)17-7-5-6-8-17/h4-8H2,1-3H3,(H,16,18). The summed E-state index contributed by atoms with van der Waals surface area (Å²) in [5.74, 6) is -0.880. The molecular weight excluding hydrogens is 304 g/mol. The van der Waals surface area contributed by atoms with E-state index in [9.17, 15) is 14.4 Å². The number of hydrogen-bond donors (Lipinski definition) is 1. The molecule has 0 unspecified atom stereocenters. The molecular formula is C15H20N2O4S. The Morgan fingerprint density at radius 2 is 1.91 bits per heavy atom. The van der Waals surface area contributed by atoms with Crippen LogP contribution in [0.15, 0.2) is 0 Å². The zero-order valence-electron chi connectivity index (χ0n) is 13.0. The molecule has 0 atom stereocenters. The number of nitrogens with one attached hydrogen (secondary N) is 1. The van der Waals surface area contributed by atoms with Crippen molar-refractivity contribution in [1.82, 2.24) is 4.90 Å². The number of esters is 1. The van der Waals surface area contributed by atoms with Crippen LogP contribution in [-0.4, -0.2) is 42.4 Å². The summed E-state index contributed by atoms with van der Waals surface area (Å²) in [6.45, 7) is 6.51. The number of carbonyl (C=O) groups excluding carboxylic acids is 3. The number of hydrogen-bond acceptors (Lipinski definition) is 5.